The SMILES string of the molecule is C=CCOC1C(OCc2ccccc2)OC(C)C(OCc2ccccc2)C1O. The minimum Gasteiger partial charge on any atom is -0.387 e. The summed E-state index contributed by atoms with van der Waals surface area (Å²) in [7, 11) is 0. The Morgan fingerprint density at radius 3 is 2.04 bits per heavy atom. The molecule has 1 saturated heterocycles. The zero-order valence-corrected chi connectivity index (χ0v) is 16.1. The number of aliphatic hydroxyl groups excluding tert-OH is 1. The van der Waals surface area contributed by atoms with Crippen molar-refractivity contribution in [2.75, 3.05) is 6.61 Å². The van der Waals surface area contributed by atoms with Gasteiger partial charge in [-0.3, -0.25) is 0 Å². The van der Waals surface area contributed by atoms with E-state index in [2.05, 4.69) is 6.58 Å². The highest BCUT2D eigenvalue weighted by atomic mass is 16.7. The van der Waals surface area contributed by atoms with Crippen LogP contribution in [0.4, 0.5) is 0 Å². The van der Waals surface area contributed by atoms with Crippen LogP contribution in [0.2, 0.25) is 0 Å². The molecule has 1 N–H and O–H groups in total. The fourth-order valence-corrected chi connectivity index (χ4v) is 3.24. The third-order valence-corrected chi connectivity index (χ3v) is 4.70. The zero-order valence-electron chi connectivity index (χ0n) is 16.1. The van der Waals surface area contributed by atoms with Crippen molar-refractivity contribution >= 4 is 0 Å². The van der Waals surface area contributed by atoms with Gasteiger partial charge in [-0.05, 0) is 18.1 Å². The molecule has 5 nitrogen and oxygen atoms in total. The van der Waals surface area contributed by atoms with Crippen LogP contribution in [0, 0.1) is 0 Å². The third kappa shape index (κ3) is 5.50. The first-order chi connectivity index (χ1) is 13.7. The van der Waals surface area contributed by atoms with Crippen molar-refractivity contribution in [1.29, 1.82) is 0 Å². The Bertz CT molecular complexity index is 705. The van der Waals surface area contributed by atoms with Gasteiger partial charge >= 0.3 is 0 Å². The maximum absolute atomic E-state index is 10.9. The molecule has 1 aliphatic heterocycles. The van der Waals surface area contributed by atoms with Gasteiger partial charge in [0.15, 0.2) is 6.29 Å². The molecular weight excluding hydrogens is 356 g/mol. The molecule has 2 aromatic rings. The normalized spacial score (nSPS) is 27.4. The van der Waals surface area contributed by atoms with Crippen LogP contribution >= 0.6 is 0 Å². The van der Waals surface area contributed by atoms with E-state index in [1.54, 1.807) is 6.08 Å². The van der Waals surface area contributed by atoms with Gasteiger partial charge in [0.1, 0.15) is 18.3 Å². The zero-order chi connectivity index (χ0) is 19.8. The minimum absolute atomic E-state index is 0.288. The molecule has 0 radical (unpaired) electrons. The Labute approximate surface area is 166 Å². The third-order valence-electron chi connectivity index (χ3n) is 4.70. The van der Waals surface area contributed by atoms with Crippen LogP contribution in [-0.4, -0.2) is 42.4 Å². The van der Waals surface area contributed by atoms with Gasteiger partial charge in [-0.1, -0.05) is 66.7 Å². The van der Waals surface area contributed by atoms with Crippen molar-refractivity contribution in [3.05, 3.63) is 84.4 Å². The topological polar surface area (TPSA) is 57.2 Å². The molecule has 150 valence electrons. The van der Waals surface area contributed by atoms with E-state index < -0.39 is 24.6 Å². The van der Waals surface area contributed by atoms with Crippen LogP contribution in [0.1, 0.15) is 18.1 Å². The van der Waals surface area contributed by atoms with Crippen LogP contribution in [0.15, 0.2) is 73.3 Å². The summed E-state index contributed by atoms with van der Waals surface area (Å²) >= 11 is 0. The summed E-state index contributed by atoms with van der Waals surface area (Å²) < 4.78 is 23.7. The van der Waals surface area contributed by atoms with Gasteiger partial charge in [0.2, 0.25) is 0 Å². The lowest BCUT2D eigenvalue weighted by Gasteiger charge is -2.43. The summed E-state index contributed by atoms with van der Waals surface area (Å²) in [6.07, 6.45) is -1.47. The van der Waals surface area contributed by atoms with Gasteiger partial charge in [0, 0.05) is 0 Å². The monoisotopic (exact) mass is 384 g/mol. The summed E-state index contributed by atoms with van der Waals surface area (Å²) in [5, 5.41) is 10.9. The van der Waals surface area contributed by atoms with Crippen molar-refractivity contribution in [1.82, 2.24) is 0 Å². The molecule has 5 atom stereocenters. The van der Waals surface area contributed by atoms with Gasteiger partial charge < -0.3 is 24.1 Å². The van der Waals surface area contributed by atoms with Crippen molar-refractivity contribution < 1.29 is 24.1 Å². The number of hydrogen-bond acceptors (Lipinski definition) is 5. The second-order valence-electron chi connectivity index (χ2n) is 6.84. The van der Waals surface area contributed by atoms with Crippen LogP contribution in [-0.2, 0) is 32.2 Å². The molecule has 0 spiro atoms. The minimum atomic E-state index is -0.881. The van der Waals surface area contributed by atoms with Gasteiger partial charge in [-0.25, -0.2) is 0 Å². The summed E-state index contributed by atoms with van der Waals surface area (Å²) in [4.78, 5) is 0. The molecule has 2 aromatic carbocycles. The van der Waals surface area contributed by atoms with E-state index in [1.807, 2.05) is 67.6 Å². The number of aliphatic hydroxyl groups is 1. The van der Waals surface area contributed by atoms with Gasteiger partial charge in [0.25, 0.3) is 0 Å². The highest BCUT2D eigenvalue weighted by molar-refractivity contribution is 5.14. The lowest BCUT2D eigenvalue weighted by Crippen LogP contribution is -2.59. The number of benzene rings is 2. The van der Waals surface area contributed by atoms with E-state index in [1.165, 1.54) is 0 Å². The number of rotatable bonds is 9. The highest BCUT2D eigenvalue weighted by Gasteiger charge is 2.45. The largest absolute Gasteiger partial charge is 0.387 e. The summed E-state index contributed by atoms with van der Waals surface area (Å²) in [6.45, 7) is 6.60. The molecule has 5 unspecified atom stereocenters. The fraction of sp³-hybridized carbons (Fsp3) is 0.391. The van der Waals surface area contributed by atoms with Crippen molar-refractivity contribution in [3.8, 4) is 0 Å². The first kappa shape index (κ1) is 20.7. The maximum atomic E-state index is 10.9. The van der Waals surface area contributed by atoms with Gasteiger partial charge in [-0.15, -0.1) is 6.58 Å². The van der Waals surface area contributed by atoms with Gasteiger partial charge in [0.05, 0.1) is 25.9 Å². The predicted octanol–water partition coefficient (Wildman–Crippen LogP) is 3.47. The number of ether oxygens (including phenoxy) is 4. The van der Waals surface area contributed by atoms with E-state index in [9.17, 15) is 5.11 Å². The molecule has 1 aliphatic rings. The molecule has 0 aromatic heterocycles. The Kier molecular flexibility index (Phi) is 7.77. The average molecular weight is 384 g/mol. The first-order valence-electron chi connectivity index (χ1n) is 9.56. The van der Waals surface area contributed by atoms with Crippen LogP contribution in [0.5, 0.6) is 0 Å². The Morgan fingerprint density at radius 2 is 1.46 bits per heavy atom. The van der Waals surface area contributed by atoms with Crippen LogP contribution < -0.4 is 0 Å². The highest BCUT2D eigenvalue weighted by Crippen LogP contribution is 2.28. The summed E-state index contributed by atoms with van der Waals surface area (Å²) in [5.74, 6) is 0. The van der Waals surface area contributed by atoms with E-state index in [0.717, 1.165) is 11.1 Å². The standard InChI is InChI=1S/C23H28O5/c1-3-14-25-22-20(24)21(26-15-18-10-6-4-7-11-18)17(2)28-23(22)27-16-19-12-8-5-9-13-19/h3-13,17,20-24H,1,14-16H2,2H3. The van der Waals surface area contributed by atoms with Crippen LogP contribution in [0.3, 0.4) is 0 Å². The Balaban J connectivity index is 1.64. The van der Waals surface area contributed by atoms with Gasteiger partial charge in [-0.2, -0.15) is 0 Å². The molecule has 3 rings (SSSR count). The molecule has 0 bridgehead atoms. The molecule has 1 fully saturated rings. The van der Waals surface area contributed by atoms with E-state index in [0.29, 0.717) is 13.2 Å². The van der Waals surface area contributed by atoms with E-state index >= 15 is 0 Å². The van der Waals surface area contributed by atoms with Crippen LogP contribution in [0.25, 0.3) is 0 Å². The second kappa shape index (κ2) is 10.5. The molecule has 28 heavy (non-hydrogen) atoms. The fourth-order valence-electron chi connectivity index (χ4n) is 3.24. The van der Waals surface area contributed by atoms with E-state index in [4.69, 9.17) is 18.9 Å². The Morgan fingerprint density at radius 1 is 0.893 bits per heavy atom. The second-order valence-corrected chi connectivity index (χ2v) is 6.84. The lowest BCUT2D eigenvalue weighted by molar-refractivity contribution is -0.311. The molecule has 5 heteroatoms. The molecule has 0 saturated carbocycles. The average Bonchev–Trinajstić information content (AvgIpc) is 2.73. The molecule has 0 aliphatic carbocycles. The van der Waals surface area contributed by atoms with E-state index in [-0.39, 0.29) is 12.7 Å². The maximum Gasteiger partial charge on any atom is 0.187 e. The smallest absolute Gasteiger partial charge is 0.187 e. The molecular formula is C23H28O5. The summed E-state index contributed by atoms with van der Waals surface area (Å²) in [5.41, 5.74) is 2.06. The van der Waals surface area contributed by atoms with Crippen molar-refractivity contribution in [2.24, 2.45) is 0 Å². The molecule has 1 heterocycles. The van der Waals surface area contributed by atoms with Crippen molar-refractivity contribution in [2.45, 2.75) is 50.8 Å². The van der Waals surface area contributed by atoms with Crippen molar-refractivity contribution in [3.63, 3.8) is 0 Å². The predicted molar refractivity (Wildman–Crippen MR) is 107 cm³/mol. The quantitative estimate of drug-likeness (QED) is 0.671. The molecule has 0 amide bonds. The lowest BCUT2D eigenvalue weighted by atomic mass is 9.99. The number of hydrogen-bond donors (Lipinski definition) is 1. The Hall–Kier alpha value is -2.02. The first-order valence-corrected chi connectivity index (χ1v) is 9.56. The summed E-state index contributed by atoms with van der Waals surface area (Å²) in [6, 6.07) is 19.7.